The van der Waals surface area contributed by atoms with Crippen LogP contribution in [0.4, 0.5) is 5.69 Å². The first-order chi connectivity index (χ1) is 12.5. The number of amides is 2. The molecule has 138 valence electrons. The number of hydrogen-bond donors (Lipinski definition) is 1. The lowest BCUT2D eigenvalue weighted by atomic mass is 10.1. The Labute approximate surface area is 152 Å². The molecule has 1 aliphatic heterocycles. The summed E-state index contributed by atoms with van der Waals surface area (Å²) in [5.41, 5.74) is 1.69. The molecule has 0 bridgehead atoms. The topological polar surface area (TPSA) is 76.5 Å². The third kappa shape index (κ3) is 4.04. The molecule has 1 aromatic heterocycles. The zero-order chi connectivity index (χ0) is 18.7. The molecule has 0 aliphatic carbocycles. The predicted molar refractivity (Wildman–Crippen MR) is 97.9 cm³/mol. The second-order valence-electron chi connectivity index (χ2n) is 6.81. The first-order valence-electron chi connectivity index (χ1n) is 8.72. The zero-order valence-corrected chi connectivity index (χ0v) is 15.3. The van der Waals surface area contributed by atoms with E-state index in [-0.39, 0.29) is 30.2 Å². The molecule has 1 atom stereocenters. The second-order valence-corrected chi connectivity index (χ2v) is 6.81. The van der Waals surface area contributed by atoms with E-state index in [0.29, 0.717) is 18.8 Å². The molecule has 2 amide bonds. The van der Waals surface area contributed by atoms with Crippen LogP contribution in [0.1, 0.15) is 25.8 Å². The highest BCUT2D eigenvalue weighted by Gasteiger charge is 2.35. The van der Waals surface area contributed by atoms with Crippen LogP contribution in [0.25, 0.3) is 0 Å². The molecule has 1 aromatic carbocycles. The number of anilines is 1. The number of nitrogens with zero attached hydrogens (tertiary/aromatic N) is 3. The van der Waals surface area contributed by atoms with Crippen molar-refractivity contribution < 1.29 is 14.3 Å². The van der Waals surface area contributed by atoms with E-state index in [1.807, 2.05) is 38.1 Å². The minimum atomic E-state index is -0.313. The molecule has 2 heterocycles. The van der Waals surface area contributed by atoms with Gasteiger partial charge >= 0.3 is 0 Å². The Bertz CT molecular complexity index is 800. The number of carbonyl (C=O) groups is 2. The first kappa shape index (κ1) is 18.0. The molecule has 7 heteroatoms. The van der Waals surface area contributed by atoms with Crippen LogP contribution in [0.2, 0.25) is 0 Å². The van der Waals surface area contributed by atoms with E-state index in [9.17, 15) is 9.59 Å². The van der Waals surface area contributed by atoms with Crippen molar-refractivity contribution in [3.8, 4) is 5.75 Å². The standard InChI is InChI=1S/C19H24N4O3/c1-13(2)23-11-15(8-18(23)24)19(25)21-16-9-20-22(12-16)10-14-5-4-6-17(7-14)26-3/h4-7,9,12-13,15H,8,10-11H2,1-3H3,(H,21,25)/t15-/m0/s1. The fraction of sp³-hybridized carbons (Fsp3) is 0.421. The van der Waals surface area contributed by atoms with Crippen LogP contribution in [0, 0.1) is 5.92 Å². The average molecular weight is 356 g/mol. The first-order valence-corrected chi connectivity index (χ1v) is 8.72. The predicted octanol–water partition coefficient (Wildman–Crippen LogP) is 2.14. The number of benzene rings is 1. The molecule has 0 spiro atoms. The maximum atomic E-state index is 12.4. The van der Waals surface area contributed by atoms with Crippen LogP contribution in [-0.2, 0) is 16.1 Å². The molecule has 7 nitrogen and oxygen atoms in total. The van der Waals surface area contributed by atoms with Gasteiger partial charge in [-0.2, -0.15) is 5.10 Å². The van der Waals surface area contributed by atoms with Crippen molar-refractivity contribution in [2.24, 2.45) is 5.92 Å². The second kappa shape index (κ2) is 7.59. The Hall–Kier alpha value is -2.83. The summed E-state index contributed by atoms with van der Waals surface area (Å²) in [7, 11) is 1.63. The minimum absolute atomic E-state index is 0.0360. The van der Waals surface area contributed by atoms with Crippen LogP contribution in [-0.4, -0.2) is 46.2 Å². The molecule has 1 saturated heterocycles. The van der Waals surface area contributed by atoms with Gasteiger partial charge in [0.1, 0.15) is 5.75 Å². The summed E-state index contributed by atoms with van der Waals surface area (Å²) in [6.07, 6.45) is 3.67. The number of hydrogen-bond acceptors (Lipinski definition) is 4. The Morgan fingerprint density at radius 2 is 2.23 bits per heavy atom. The van der Waals surface area contributed by atoms with Crippen molar-refractivity contribution in [3.05, 3.63) is 42.2 Å². The molecule has 0 unspecified atom stereocenters. The number of rotatable bonds is 6. The van der Waals surface area contributed by atoms with Crippen LogP contribution in [0.5, 0.6) is 5.75 Å². The fourth-order valence-electron chi connectivity index (χ4n) is 3.12. The number of methoxy groups -OCH3 is 1. The molecule has 1 N–H and O–H groups in total. The highest BCUT2D eigenvalue weighted by atomic mass is 16.5. The SMILES string of the molecule is COc1cccc(Cn2cc(NC(=O)[C@H]3CC(=O)N(C(C)C)C3)cn2)c1. The molecule has 0 saturated carbocycles. The van der Waals surface area contributed by atoms with Crippen LogP contribution in [0.15, 0.2) is 36.7 Å². The van der Waals surface area contributed by atoms with E-state index in [4.69, 9.17) is 4.74 Å². The van der Waals surface area contributed by atoms with E-state index in [2.05, 4.69) is 10.4 Å². The van der Waals surface area contributed by atoms with E-state index in [1.165, 1.54) is 0 Å². The molecule has 26 heavy (non-hydrogen) atoms. The maximum absolute atomic E-state index is 12.4. The van der Waals surface area contributed by atoms with Gasteiger partial charge in [0.25, 0.3) is 0 Å². The van der Waals surface area contributed by atoms with Crippen molar-refractivity contribution >= 4 is 17.5 Å². The largest absolute Gasteiger partial charge is 0.497 e. The highest BCUT2D eigenvalue weighted by Crippen LogP contribution is 2.22. The number of aromatic nitrogens is 2. The van der Waals surface area contributed by atoms with Gasteiger partial charge in [-0.15, -0.1) is 0 Å². The van der Waals surface area contributed by atoms with Crippen LogP contribution < -0.4 is 10.1 Å². The summed E-state index contributed by atoms with van der Waals surface area (Å²) in [6, 6.07) is 7.88. The Morgan fingerprint density at radius 3 is 2.92 bits per heavy atom. The van der Waals surface area contributed by atoms with Crippen molar-refractivity contribution in [2.45, 2.75) is 32.9 Å². The smallest absolute Gasteiger partial charge is 0.229 e. The van der Waals surface area contributed by atoms with Crippen LogP contribution >= 0.6 is 0 Å². The van der Waals surface area contributed by atoms with Gasteiger partial charge in [-0.25, -0.2) is 0 Å². The number of carbonyl (C=O) groups excluding carboxylic acids is 2. The molecular formula is C19H24N4O3. The summed E-state index contributed by atoms with van der Waals surface area (Å²) >= 11 is 0. The lowest BCUT2D eigenvalue weighted by Gasteiger charge is -2.20. The summed E-state index contributed by atoms with van der Waals surface area (Å²) in [5.74, 6) is 0.381. The van der Waals surface area contributed by atoms with Crippen molar-refractivity contribution in [1.29, 1.82) is 0 Å². The zero-order valence-electron chi connectivity index (χ0n) is 15.3. The Morgan fingerprint density at radius 1 is 1.42 bits per heavy atom. The number of likely N-dealkylation sites (tertiary alicyclic amines) is 1. The monoisotopic (exact) mass is 356 g/mol. The number of ether oxygens (including phenoxy) is 1. The van der Waals surface area contributed by atoms with E-state index >= 15 is 0 Å². The summed E-state index contributed by atoms with van der Waals surface area (Å²) in [4.78, 5) is 26.1. The number of nitrogens with one attached hydrogen (secondary N) is 1. The van der Waals surface area contributed by atoms with Gasteiger partial charge in [0.2, 0.25) is 11.8 Å². The molecule has 1 aliphatic rings. The summed E-state index contributed by atoms with van der Waals surface area (Å²) < 4.78 is 6.98. The quantitative estimate of drug-likeness (QED) is 0.860. The third-order valence-corrected chi connectivity index (χ3v) is 4.53. The molecule has 1 fully saturated rings. The van der Waals surface area contributed by atoms with E-state index in [0.717, 1.165) is 11.3 Å². The van der Waals surface area contributed by atoms with E-state index in [1.54, 1.807) is 29.1 Å². The Balaban J connectivity index is 1.60. The van der Waals surface area contributed by atoms with Gasteiger partial charge in [-0.05, 0) is 31.5 Å². The third-order valence-electron chi connectivity index (χ3n) is 4.53. The van der Waals surface area contributed by atoms with Crippen molar-refractivity contribution in [3.63, 3.8) is 0 Å². The van der Waals surface area contributed by atoms with Gasteiger partial charge < -0.3 is 15.0 Å². The van der Waals surface area contributed by atoms with Crippen LogP contribution in [0.3, 0.4) is 0 Å². The average Bonchev–Trinajstić information content (AvgIpc) is 3.21. The van der Waals surface area contributed by atoms with Gasteiger partial charge in [0.15, 0.2) is 0 Å². The molecule has 3 rings (SSSR count). The maximum Gasteiger partial charge on any atom is 0.229 e. The molecular weight excluding hydrogens is 332 g/mol. The normalized spacial score (nSPS) is 17.0. The van der Waals surface area contributed by atoms with Gasteiger partial charge in [0.05, 0.1) is 31.5 Å². The molecule has 0 radical (unpaired) electrons. The van der Waals surface area contributed by atoms with Crippen molar-refractivity contribution in [2.75, 3.05) is 19.0 Å². The lowest BCUT2D eigenvalue weighted by Crippen LogP contribution is -2.33. The highest BCUT2D eigenvalue weighted by molar-refractivity contribution is 5.97. The summed E-state index contributed by atoms with van der Waals surface area (Å²) in [6.45, 7) is 4.97. The molecule has 2 aromatic rings. The van der Waals surface area contributed by atoms with E-state index < -0.39 is 0 Å². The lowest BCUT2D eigenvalue weighted by molar-refractivity contribution is -0.129. The fourth-order valence-corrected chi connectivity index (χ4v) is 3.12. The van der Waals surface area contributed by atoms with Gasteiger partial charge in [0, 0.05) is 25.2 Å². The summed E-state index contributed by atoms with van der Waals surface area (Å²) in [5, 5.41) is 7.16. The van der Waals surface area contributed by atoms with Crippen molar-refractivity contribution in [1.82, 2.24) is 14.7 Å². The van der Waals surface area contributed by atoms with Gasteiger partial charge in [-0.1, -0.05) is 12.1 Å². The Kier molecular flexibility index (Phi) is 5.25. The van der Waals surface area contributed by atoms with Gasteiger partial charge in [-0.3, -0.25) is 14.3 Å². The minimum Gasteiger partial charge on any atom is -0.497 e.